The number of rotatable bonds is 4. The van der Waals surface area contributed by atoms with Crippen LogP contribution in [0, 0.1) is 24.0 Å². The van der Waals surface area contributed by atoms with Crippen molar-refractivity contribution in [3.05, 3.63) is 80.4 Å². The number of hydrogen-bond donors (Lipinski definition) is 1. The maximum Gasteiger partial charge on any atom is 0.312 e. The fraction of sp³-hybridized carbons (Fsp3) is 0.0909. The molecule has 7 nitrogen and oxygen atoms in total. The number of oxazole rings is 1. The lowest BCUT2D eigenvalue weighted by Crippen LogP contribution is -1.92. The van der Waals surface area contributed by atoms with E-state index in [4.69, 9.17) is 16.0 Å². The van der Waals surface area contributed by atoms with Crippen molar-refractivity contribution in [1.29, 1.82) is 0 Å². The zero-order valence-electron chi connectivity index (χ0n) is 16.1. The van der Waals surface area contributed by atoms with Gasteiger partial charge in [-0.25, -0.2) is 4.98 Å². The molecule has 150 valence electrons. The maximum atomic E-state index is 11.0. The number of aryl methyl sites for hydroxylation is 2. The Hall–Kier alpha value is -3.71. The van der Waals surface area contributed by atoms with Gasteiger partial charge in [-0.05, 0) is 61.4 Å². The number of nitro benzene ring substituents is 1. The van der Waals surface area contributed by atoms with Gasteiger partial charge in [0, 0.05) is 28.4 Å². The number of nitrogens with zero attached hydrogens (tertiary/aromatic N) is 3. The van der Waals surface area contributed by atoms with E-state index in [0.717, 1.165) is 28.3 Å². The molecule has 1 N–H and O–H groups in total. The second kappa shape index (κ2) is 7.61. The molecule has 0 saturated heterocycles. The molecule has 1 heterocycles. The van der Waals surface area contributed by atoms with Crippen molar-refractivity contribution < 1.29 is 14.4 Å². The summed E-state index contributed by atoms with van der Waals surface area (Å²) in [6.45, 7) is 4.04. The van der Waals surface area contributed by atoms with Crippen LogP contribution in [0.15, 0.2) is 57.9 Å². The van der Waals surface area contributed by atoms with Gasteiger partial charge in [-0.3, -0.25) is 15.1 Å². The zero-order chi connectivity index (χ0) is 21.4. The number of halogens is 1. The lowest BCUT2D eigenvalue weighted by atomic mass is 10.1. The normalized spacial score (nSPS) is 11.4. The van der Waals surface area contributed by atoms with Crippen LogP contribution in [0.2, 0.25) is 5.02 Å². The molecule has 1 aromatic heterocycles. The Kier molecular flexibility index (Phi) is 4.97. The quantitative estimate of drug-likeness (QED) is 0.242. The summed E-state index contributed by atoms with van der Waals surface area (Å²) >= 11 is 5.92. The molecular weight excluding hydrogens is 406 g/mol. The summed E-state index contributed by atoms with van der Waals surface area (Å²) in [5.41, 5.74) is 4.70. The summed E-state index contributed by atoms with van der Waals surface area (Å²) in [7, 11) is 0. The number of phenolic OH excluding ortho intramolecular Hbond substituents is 1. The molecule has 0 unspecified atom stereocenters. The van der Waals surface area contributed by atoms with Crippen molar-refractivity contribution in [1.82, 2.24) is 4.98 Å². The van der Waals surface area contributed by atoms with Crippen molar-refractivity contribution in [3.63, 3.8) is 0 Å². The van der Waals surface area contributed by atoms with Gasteiger partial charge in [0.15, 0.2) is 5.58 Å². The molecule has 0 aliphatic rings. The zero-order valence-corrected chi connectivity index (χ0v) is 16.8. The molecule has 0 aliphatic heterocycles. The van der Waals surface area contributed by atoms with Crippen LogP contribution in [-0.4, -0.2) is 21.2 Å². The van der Waals surface area contributed by atoms with E-state index in [-0.39, 0.29) is 10.6 Å². The van der Waals surface area contributed by atoms with Crippen LogP contribution in [0.3, 0.4) is 0 Å². The fourth-order valence-corrected chi connectivity index (χ4v) is 3.23. The van der Waals surface area contributed by atoms with E-state index in [2.05, 4.69) is 9.98 Å². The van der Waals surface area contributed by atoms with Crippen LogP contribution in [0.4, 0.5) is 11.4 Å². The SMILES string of the molecule is Cc1cc2nc(-c3cccc(N=Cc4cc(Cl)cc([N+](=O)[O-])c4O)c3)oc2cc1C. The number of nitro groups is 1. The molecule has 4 aromatic rings. The van der Waals surface area contributed by atoms with E-state index in [9.17, 15) is 15.2 Å². The summed E-state index contributed by atoms with van der Waals surface area (Å²) in [6, 6.07) is 13.6. The summed E-state index contributed by atoms with van der Waals surface area (Å²) in [5, 5.41) is 21.3. The van der Waals surface area contributed by atoms with Gasteiger partial charge < -0.3 is 9.52 Å². The highest BCUT2D eigenvalue weighted by Gasteiger charge is 2.17. The van der Waals surface area contributed by atoms with Crippen LogP contribution in [-0.2, 0) is 0 Å². The molecule has 0 atom stereocenters. The highest BCUT2D eigenvalue weighted by Crippen LogP contribution is 2.33. The number of benzene rings is 3. The largest absolute Gasteiger partial charge is 0.502 e. The molecule has 4 rings (SSSR count). The average Bonchev–Trinajstić information content (AvgIpc) is 3.11. The van der Waals surface area contributed by atoms with Crippen LogP contribution < -0.4 is 0 Å². The molecule has 8 heteroatoms. The predicted molar refractivity (Wildman–Crippen MR) is 116 cm³/mol. The van der Waals surface area contributed by atoms with Gasteiger partial charge in [-0.1, -0.05) is 17.7 Å². The molecule has 0 aliphatic carbocycles. The molecule has 0 radical (unpaired) electrons. The van der Waals surface area contributed by atoms with Gasteiger partial charge in [0.1, 0.15) is 5.52 Å². The minimum Gasteiger partial charge on any atom is -0.502 e. The standard InChI is InChI=1S/C22H16ClN3O4/c1-12-6-18-20(7-13(12)2)30-22(25-18)14-4-3-5-17(9-14)24-11-15-8-16(23)10-19(21(15)27)26(28)29/h3-11,27H,1-2H3. The minimum atomic E-state index is -0.699. The number of aromatic nitrogens is 1. The van der Waals surface area contributed by atoms with E-state index >= 15 is 0 Å². The topological polar surface area (TPSA) is 102 Å². The van der Waals surface area contributed by atoms with Crippen LogP contribution in [0.25, 0.3) is 22.6 Å². The van der Waals surface area contributed by atoms with Gasteiger partial charge >= 0.3 is 5.69 Å². The predicted octanol–water partition coefficient (Wildman–Crippen LogP) is 6.13. The summed E-state index contributed by atoms with van der Waals surface area (Å²) in [4.78, 5) is 19.2. The summed E-state index contributed by atoms with van der Waals surface area (Å²) < 4.78 is 5.89. The summed E-state index contributed by atoms with van der Waals surface area (Å²) in [5.74, 6) is -0.0257. The summed E-state index contributed by atoms with van der Waals surface area (Å²) in [6.07, 6.45) is 1.33. The average molecular weight is 422 g/mol. The molecule has 3 aromatic carbocycles. The highest BCUT2D eigenvalue weighted by molar-refractivity contribution is 6.31. The van der Waals surface area contributed by atoms with Crippen LogP contribution in [0.5, 0.6) is 5.75 Å². The molecule has 0 fully saturated rings. The van der Waals surface area contributed by atoms with Crippen LogP contribution >= 0.6 is 11.6 Å². The van der Waals surface area contributed by atoms with Crippen molar-refractivity contribution in [2.45, 2.75) is 13.8 Å². The Bertz CT molecular complexity index is 1290. The Morgan fingerprint density at radius 3 is 2.70 bits per heavy atom. The van der Waals surface area contributed by atoms with Crippen molar-refractivity contribution in [2.24, 2.45) is 4.99 Å². The monoisotopic (exact) mass is 421 g/mol. The first-order valence-corrected chi connectivity index (χ1v) is 9.39. The fourth-order valence-electron chi connectivity index (χ4n) is 3.01. The number of fused-ring (bicyclic) bond motifs is 1. The van der Waals surface area contributed by atoms with Gasteiger partial charge in [-0.2, -0.15) is 0 Å². The second-order valence-corrected chi connectivity index (χ2v) is 7.29. The highest BCUT2D eigenvalue weighted by atomic mass is 35.5. The second-order valence-electron chi connectivity index (χ2n) is 6.85. The number of aromatic hydroxyl groups is 1. The Morgan fingerprint density at radius 1 is 1.17 bits per heavy atom. The number of aliphatic imine (C=N–C) groups is 1. The Morgan fingerprint density at radius 2 is 1.93 bits per heavy atom. The van der Waals surface area contributed by atoms with Crippen molar-refractivity contribution >= 4 is 40.3 Å². The Labute approximate surface area is 176 Å². The third kappa shape index (κ3) is 3.75. The molecular formula is C22H16ClN3O4. The van der Waals surface area contributed by atoms with E-state index < -0.39 is 16.4 Å². The first kappa shape index (κ1) is 19.6. The van der Waals surface area contributed by atoms with E-state index in [1.54, 1.807) is 18.2 Å². The Balaban J connectivity index is 1.69. The molecule has 0 amide bonds. The molecule has 0 bridgehead atoms. The number of hydrogen-bond acceptors (Lipinski definition) is 6. The van der Waals surface area contributed by atoms with Gasteiger partial charge in [-0.15, -0.1) is 0 Å². The van der Waals surface area contributed by atoms with Gasteiger partial charge in [0.25, 0.3) is 0 Å². The van der Waals surface area contributed by atoms with Gasteiger partial charge in [0.05, 0.1) is 10.6 Å². The first-order chi connectivity index (χ1) is 14.3. The molecule has 0 saturated carbocycles. The lowest BCUT2D eigenvalue weighted by molar-refractivity contribution is -0.385. The van der Waals surface area contributed by atoms with Crippen LogP contribution in [0.1, 0.15) is 16.7 Å². The molecule has 30 heavy (non-hydrogen) atoms. The third-order valence-electron chi connectivity index (χ3n) is 4.73. The maximum absolute atomic E-state index is 11.0. The third-order valence-corrected chi connectivity index (χ3v) is 4.95. The minimum absolute atomic E-state index is 0.131. The first-order valence-electron chi connectivity index (χ1n) is 9.01. The van der Waals surface area contributed by atoms with E-state index in [0.29, 0.717) is 17.2 Å². The van der Waals surface area contributed by atoms with Gasteiger partial charge in [0.2, 0.25) is 11.6 Å². The van der Waals surface area contributed by atoms with Crippen molar-refractivity contribution in [2.75, 3.05) is 0 Å². The number of phenols is 1. The van der Waals surface area contributed by atoms with E-state index in [1.165, 1.54) is 12.3 Å². The van der Waals surface area contributed by atoms with E-state index in [1.807, 2.05) is 32.0 Å². The smallest absolute Gasteiger partial charge is 0.312 e. The molecule has 0 spiro atoms. The lowest BCUT2D eigenvalue weighted by Gasteiger charge is -2.02. The van der Waals surface area contributed by atoms with Crippen molar-refractivity contribution in [3.8, 4) is 17.2 Å².